The summed E-state index contributed by atoms with van der Waals surface area (Å²) >= 11 is 0. The van der Waals surface area contributed by atoms with Crippen LogP contribution in [0.1, 0.15) is 32.4 Å². The van der Waals surface area contributed by atoms with Gasteiger partial charge in [-0.3, -0.25) is 4.21 Å². The molecule has 0 aliphatic heterocycles. The second kappa shape index (κ2) is 9.13. The van der Waals surface area contributed by atoms with Gasteiger partial charge in [-0.25, -0.2) is 4.98 Å². The number of nitrogens with one attached hydrogen (secondary N) is 1. The van der Waals surface area contributed by atoms with Crippen molar-refractivity contribution >= 4 is 16.7 Å². The molecule has 5 nitrogen and oxygen atoms in total. The minimum absolute atomic E-state index is 0.212. The van der Waals surface area contributed by atoms with Gasteiger partial charge in [-0.2, -0.15) is 0 Å². The smallest absolute Gasteiger partial charge is 0.203 e. The van der Waals surface area contributed by atoms with Crippen molar-refractivity contribution in [2.45, 2.75) is 45.4 Å². The molecule has 1 aromatic heterocycles. The highest BCUT2D eigenvalue weighted by molar-refractivity contribution is 7.84. The van der Waals surface area contributed by atoms with Crippen molar-refractivity contribution in [3.8, 4) is 0 Å². The summed E-state index contributed by atoms with van der Waals surface area (Å²) in [4.78, 5) is 4.49. The molecule has 0 fully saturated rings. The minimum atomic E-state index is -0.764. The van der Waals surface area contributed by atoms with Gasteiger partial charge in [0.05, 0.1) is 5.69 Å². The third-order valence-electron chi connectivity index (χ3n) is 3.19. The number of aromatic nitrogens is 2. The molecular weight excluding hydrogens is 274 g/mol. The summed E-state index contributed by atoms with van der Waals surface area (Å²) in [7, 11) is -0.764. The van der Waals surface area contributed by atoms with E-state index >= 15 is 0 Å². The van der Waals surface area contributed by atoms with E-state index in [0.29, 0.717) is 0 Å². The quantitative estimate of drug-likeness (QED) is 0.673. The van der Waals surface area contributed by atoms with Crippen molar-refractivity contribution < 1.29 is 8.95 Å². The number of aryl methyl sites for hydroxylation is 2. The van der Waals surface area contributed by atoms with E-state index in [1.165, 1.54) is 0 Å². The van der Waals surface area contributed by atoms with Gasteiger partial charge in [-0.15, -0.1) is 0 Å². The molecule has 0 spiro atoms. The molecule has 2 atom stereocenters. The maximum atomic E-state index is 11.4. The number of ether oxygens (including phenoxy) is 1. The van der Waals surface area contributed by atoms with Gasteiger partial charge in [-0.1, -0.05) is 6.92 Å². The third kappa shape index (κ3) is 6.05. The van der Waals surface area contributed by atoms with Gasteiger partial charge in [0.15, 0.2) is 0 Å². The van der Waals surface area contributed by atoms with Crippen LogP contribution in [0.4, 0.5) is 5.95 Å². The van der Waals surface area contributed by atoms with Crippen molar-refractivity contribution in [2.24, 2.45) is 0 Å². The molecule has 0 aliphatic carbocycles. The molecule has 1 heterocycles. The largest absolute Gasteiger partial charge is 0.382 e. The molecule has 20 heavy (non-hydrogen) atoms. The summed E-state index contributed by atoms with van der Waals surface area (Å²) in [5.41, 5.74) is 1.00. The summed E-state index contributed by atoms with van der Waals surface area (Å²) in [5, 5.41) is 3.55. The lowest BCUT2D eigenvalue weighted by atomic mass is 10.3. The maximum absolute atomic E-state index is 11.4. The zero-order chi connectivity index (χ0) is 15.0. The van der Waals surface area contributed by atoms with Crippen LogP contribution in [0.2, 0.25) is 0 Å². The number of hydrogen-bond donors (Lipinski definition) is 1. The lowest BCUT2D eigenvalue weighted by molar-refractivity contribution is 0.147. The highest BCUT2D eigenvalue weighted by Gasteiger charge is 2.09. The topological polar surface area (TPSA) is 56.1 Å². The first-order valence-electron chi connectivity index (χ1n) is 7.22. The first-order chi connectivity index (χ1) is 9.54. The molecule has 1 aromatic rings. The maximum Gasteiger partial charge on any atom is 0.203 e. The van der Waals surface area contributed by atoms with Crippen LogP contribution in [-0.4, -0.2) is 45.0 Å². The molecule has 0 saturated carbocycles. The molecule has 116 valence electrons. The van der Waals surface area contributed by atoms with E-state index in [2.05, 4.69) is 14.9 Å². The monoisotopic (exact) mass is 301 g/mol. The van der Waals surface area contributed by atoms with E-state index in [4.69, 9.17) is 4.74 Å². The molecule has 1 rings (SSSR count). The molecule has 0 saturated heterocycles. The zero-order valence-electron chi connectivity index (χ0n) is 13.0. The zero-order valence-corrected chi connectivity index (χ0v) is 13.8. The van der Waals surface area contributed by atoms with Gasteiger partial charge in [0.1, 0.15) is 0 Å². The third-order valence-corrected chi connectivity index (χ3v) is 4.56. The number of anilines is 1. The Kier molecular flexibility index (Phi) is 7.84. The summed E-state index contributed by atoms with van der Waals surface area (Å²) < 4.78 is 18.8. The highest BCUT2D eigenvalue weighted by atomic mass is 32.2. The van der Waals surface area contributed by atoms with Crippen LogP contribution in [-0.2, 0) is 22.1 Å². The molecule has 1 N–H and O–H groups in total. The van der Waals surface area contributed by atoms with E-state index in [1.807, 2.05) is 27.0 Å². The van der Waals surface area contributed by atoms with Gasteiger partial charge in [0.25, 0.3) is 0 Å². The number of rotatable bonds is 10. The molecule has 6 heteroatoms. The van der Waals surface area contributed by atoms with Crippen LogP contribution in [0.25, 0.3) is 0 Å². The van der Waals surface area contributed by atoms with Gasteiger partial charge in [0, 0.05) is 54.8 Å². The Morgan fingerprint density at radius 1 is 1.55 bits per heavy atom. The van der Waals surface area contributed by atoms with Crippen LogP contribution in [0.3, 0.4) is 0 Å². The van der Waals surface area contributed by atoms with Gasteiger partial charge < -0.3 is 14.6 Å². The molecule has 2 unspecified atom stereocenters. The molecule has 0 amide bonds. The Morgan fingerprint density at radius 2 is 2.30 bits per heavy atom. The molecule has 0 aromatic carbocycles. The highest BCUT2D eigenvalue weighted by Crippen LogP contribution is 2.11. The van der Waals surface area contributed by atoms with Crippen molar-refractivity contribution in [1.29, 1.82) is 0 Å². The fraction of sp³-hybridized carbons (Fsp3) is 0.786. The van der Waals surface area contributed by atoms with E-state index in [1.54, 1.807) is 6.26 Å². The van der Waals surface area contributed by atoms with Gasteiger partial charge in [-0.05, 0) is 26.7 Å². The van der Waals surface area contributed by atoms with Crippen LogP contribution in [0.15, 0.2) is 6.20 Å². The first-order valence-corrected chi connectivity index (χ1v) is 8.84. The summed E-state index contributed by atoms with van der Waals surface area (Å²) in [6.07, 6.45) is 5.66. The first kappa shape index (κ1) is 17.2. The number of imidazole rings is 1. The Labute approximate surface area is 124 Å². The normalized spacial score (nSPS) is 14.2. The summed E-state index contributed by atoms with van der Waals surface area (Å²) in [6.45, 7) is 9.25. The minimum Gasteiger partial charge on any atom is -0.382 e. The fourth-order valence-electron chi connectivity index (χ4n) is 1.86. The summed E-state index contributed by atoms with van der Waals surface area (Å²) in [6, 6.07) is 0. The van der Waals surface area contributed by atoms with E-state index < -0.39 is 10.8 Å². The predicted octanol–water partition coefficient (Wildman–Crippen LogP) is 2.19. The second-order valence-electron chi connectivity index (χ2n) is 4.97. The summed E-state index contributed by atoms with van der Waals surface area (Å²) in [5.74, 6) is 0.896. The average molecular weight is 301 g/mol. The lowest BCUT2D eigenvalue weighted by Gasteiger charge is -2.12. The number of hydrogen-bond acceptors (Lipinski definition) is 4. The fourth-order valence-corrected chi connectivity index (χ4v) is 2.30. The van der Waals surface area contributed by atoms with Crippen LogP contribution in [0, 0.1) is 6.92 Å². The van der Waals surface area contributed by atoms with Crippen molar-refractivity contribution in [2.75, 3.05) is 31.3 Å². The molecule has 0 radical (unpaired) electrons. The Balaban J connectivity index is 2.44. The standard InChI is InChI=1S/C14H27N3O2S/c1-5-19-10-6-8-15-14-16-12(2)11-17(14)9-7-13(3)20(4)18/h11,13H,5-10H2,1-4H3,(H,15,16). The molecular formula is C14H27N3O2S. The van der Waals surface area contributed by atoms with Crippen molar-refractivity contribution in [3.05, 3.63) is 11.9 Å². The van der Waals surface area contributed by atoms with E-state index in [-0.39, 0.29) is 5.25 Å². The van der Waals surface area contributed by atoms with E-state index in [9.17, 15) is 4.21 Å². The Bertz CT molecular complexity index is 421. The van der Waals surface area contributed by atoms with Gasteiger partial charge in [0.2, 0.25) is 5.95 Å². The lowest BCUT2D eigenvalue weighted by Crippen LogP contribution is -2.15. The van der Waals surface area contributed by atoms with Gasteiger partial charge >= 0.3 is 0 Å². The SMILES string of the molecule is CCOCCCNc1nc(C)cn1CCC(C)S(C)=O. The van der Waals surface area contributed by atoms with Crippen molar-refractivity contribution in [1.82, 2.24) is 9.55 Å². The van der Waals surface area contributed by atoms with Crippen molar-refractivity contribution in [3.63, 3.8) is 0 Å². The molecule has 0 bridgehead atoms. The average Bonchev–Trinajstić information content (AvgIpc) is 2.76. The Morgan fingerprint density at radius 3 is 2.95 bits per heavy atom. The Hall–Kier alpha value is -0.880. The van der Waals surface area contributed by atoms with Crippen LogP contribution < -0.4 is 5.32 Å². The van der Waals surface area contributed by atoms with Crippen LogP contribution in [0.5, 0.6) is 0 Å². The van der Waals surface area contributed by atoms with E-state index in [0.717, 1.165) is 50.8 Å². The predicted molar refractivity (Wildman–Crippen MR) is 84.7 cm³/mol. The number of nitrogens with zero attached hydrogens (tertiary/aromatic N) is 2. The second-order valence-corrected chi connectivity index (χ2v) is 6.78. The molecule has 0 aliphatic rings. The van der Waals surface area contributed by atoms with Crippen LogP contribution >= 0.6 is 0 Å².